The maximum Gasteiger partial charge on any atom is 0.247 e. The Bertz CT molecular complexity index is 219. The number of nitrogens with zero attached hydrogens (tertiary/aromatic N) is 1. The fraction of sp³-hybridized carbons (Fsp3) is 0.667. The third-order valence-corrected chi connectivity index (χ3v) is 2.52. The summed E-state index contributed by atoms with van der Waals surface area (Å²) < 4.78 is 0. The fourth-order valence-corrected chi connectivity index (χ4v) is 1.54. The van der Waals surface area contributed by atoms with Crippen molar-refractivity contribution >= 4 is 5.91 Å². The molecule has 0 aromatic rings. The topological polar surface area (TPSA) is 32.3 Å². The third-order valence-electron chi connectivity index (χ3n) is 2.52. The highest BCUT2D eigenvalue weighted by Gasteiger charge is 2.17. The van der Waals surface area contributed by atoms with E-state index in [-0.39, 0.29) is 5.91 Å². The van der Waals surface area contributed by atoms with Crippen LogP contribution in [0.3, 0.4) is 0 Å². The molecule has 3 nitrogen and oxygen atoms in total. The molecule has 2 heterocycles. The third kappa shape index (κ3) is 1.50. The number of likely N-dealkylation sites (tertiary alicyclic amines) is 1. The van der Waals surface area contributed by atoms with Gasteiger partial charge in [0.2, 0.25) is 5.91 Å². The molecule has 0 radical (unpaired) electrons. The van der Waals surface area contributed by atoms with Crippen molar-refractivity contribution < 1.29 is 4.79 Å². The molecule has 0 bridgehead atoms. The summed E-state index contributed by atoms with van der Waals surface area (Å²) in [5.74, 6) is 0.135. The average Bonchev–Trinajstić information content (AvgIpc) is 2.33. The number of carbonyl (C=O) groups excluding carboxylic acids is 1. The van der Waals surface area contributed by atoms with E-state index in [4.69, 9.17) is 0 Å². The van der Waals surface area contributed by atoms with E-state index in [1.54, 1.807) is 0 Å². The molecule has 1 N–H and O–H groups in total. The molecule has 0 saturated carbocycles. The van der Waals surface area contributed by atoms with Crippen LogP contribution in [0.15, 0.2) is 11.6 Å². The van der Waals surface area contributed by atoms with Crippen molar-refractivity contribution in [2.75, 3.05) is 26.2 Å². The number of amides is 1. The summed E-state index contributed by atoms with van der Waals surface area (Å²) in [5.41, 5.74) is 0.974. The lowest BCUT2D eigenvalue weighted by Crippen LogP contribution is -2.37. The van der Waals surface area contributed by atoms with Gasteiger partial charge in [-0.05, 0) is 25.9 Å². The summed E-state index contributed by atoms with van der Waals surface area (Å²) in [6.45, 7) is 4.18. The quantitative estimate of drug-likeness (QED) is 0.592. The van der Waals surface area contributed by atoms with Crippen LogP contribution < -0.4 is 5.32 Å². The van der Waals surface area contributed by atoms with E-state index >= 15 is 0 Å². The molecule has 2 saturated heterocycles. The Balaban J connectivity index is 1.85. The molecule has 12 heavy (non-hydrogen) atoms. The van der Waals surface area contributed by atoms with Crippen LogP contribution in [0, 0.1) is 0 Å². The second-order valence-electron chi connectivity index (χ2n) is 3.39. The molecule has 66 valence electrons. The Kier molecular flexibility index (Phi) is 2.13. The number of nitrogens with one attached hydrogen (secondary N) is 1. The predicted octanol–water partition coefficient (Wildman–Crippen LogP) is 0.138. The van der Waals surface area contributed by atoms with Gasteiger partial charge >= 0.3 is 0 Å². The van der Waals surface area contributed by atoms with Crippen molar-refractivity contribution in [1.82, 2.24) is 10.2 Å². The SMILES string of the molecule is O=C1NCC/C1=C\CN1CCC1. The van der Waals surface area contributed by atoms with Gasteiger partial charge in [-0.1, -0.05) is 6.08 Å². The monoisotopic (exact) mass is 166 g/mol. The molecule has 2 fully saturated rings. The van der Waals surface area contributed by atoms with E-state index in [9.17, 15) is 4.79 Å². The van der Waals surface area contributed by atoms with Crippen LogP contribution in [0.2, 0.25) is 0 Å². The maximum absolute atomic E-state index is 11.1. The Morgan fingerprint density at radius 1 is 1.50 bits per heavy atom. The predicted molar refractivity (Wildman–Crippen MR) is 46.8 cm³/mol. The van der Waals surface area contributed by atoms with Gasteiger partial charge in [0, 0.05) is 18.7 Å². The second-order valence-corrected chi connectivity index (χ2v) is 3.39. The van der Waals surface area contributed by atoms with E-state index in [0.717, 1.165) is 25.1 Å². The Morgan fingerprint density at radius 2 is 2.33 bits per heavy atom. The van der Waals surface area contributed by atoms with Crippen molar-refractivity contribution in [3.8, 4) is 0 Å². The van der Waals surface area contributed by atoms with Crippen LogP contribution in [0.1, 0.15) is 12.8 Å². The van der Waals surface area contributed by atoms with Gasteiger partial charge in [-0.2, -0.15) is 0 Å². The highest BCUT2D eigenvalue weighted by molar-refractivity contribution is 5.95. The van der Waals surface area contributed by atoms with Crippen molar-refractivity contribution in [2.24, 2.45) is 0 Å². The van der Waals surface area contributed by atoms with Crippen molar-refractivity contribution in [1.29, 1.82) is 0 Å². The van der Waals surface area contributed by atoms with E-state index in [2.05, 4.69) is 16.3 Å². The van der Waals surface area contributed by atoms with Crippen LogP contribution in [0.4, 0.5) is 0 Å². The Labute approximate surface area is 72.4 Å². The Hall–Kier alpha value is -0.830. The van der Waals surface area contributed by atoms with Gasteiger partial charge in [0.05, 0.1) is 0 Å². The normalized spacial score (nSPS) is 27.3. The second kappa shape index (κ2) is 3.27. The summed E-state index contributed by atoms with van der Waals surface area (Å²) in [6.07, 6.45) is 4.30. The fourth-order valence-electron chi connectivity index (χ4n) is 1.54. The van der Waals surface area contributed by atoms with E-state index in [1.807, 2.05) is 0 Å². The molecule has 0 aromatic heterocycles. The molecular formula is C9H14N2O. The highest BCUT2D eigenvalue weighted by atomic mass is 16.1. The van der Waals surface area contributed by atoms with Crippen molar-refractivity contribution in [3.63, 3.8) is 0 Å². The lowest BCUT2D eigenvalue weighted by atomic mass is 10.2. The molecule has 0 aromatic carbocycles. The highest BCUT2D eigenvalue weighted by Crippen LogP contribution is 2.10. The minimum Gasteiger partial charge on any atom is -0.352 e. The van der Waals surface area contributed by atoms with Crippen LogP contribution in [0.5, 0.6) is 0 Å². The summed E-state index contributed by atoms with van der Waals surface area (Å²) in [7, 11) is 0. The Morgan fingerprint density at radius 3 is 2.83 bits per heavy atom. The molecule has 3 heteroatoms. The molecule has 1 amide bonds. The van der Waals surface area contributed by atoms with E-state index < -0.39 is 0 Å². The number of carbonyl (C=O) groups is 1. The van der Waals surface area contributed by atoms with Gasteiger partial charge in [-0.25, -0.2) is 0 Å². The molecule has 2 aliphatic rings. The van der Waals surface area contributed by atoms with E-state index in [1.165, 1.54) is 19.5 Å². The summed E-state index contributed by atoms with van der Waals surface area (Å²) in [6, 6.07) is 0. The van der Waals surface area contributed by atoms with Gasteiger partial charge < -0.3 is 5.32 Å². The number of hydrogen-bond donors (Lipinski definition) is 1. The first-order valence-corrected chi connectivity index (χ1v) is 4.56. The standard InChI is InChI=1S/C9H14N2O/c12-9-8(2-4-10-9)3-7-11-5-1-6-11/h3H,1-2,4-7H2,(H,10,12)/b8-3+. The first kappa shape index (κ1) is 7.80. The van der Waals surface area contributed by atoms with E-state index in [0.29, 0.717) is 0 Å². The molecule has 2 rings (SSSR count). The molecule has 0 atom stereocenters. The van der Waals surface area contributed by atoms with Crippen molar-refractivity contribution in [2.45, 2.75) is 12.8 Å². The molecule has 0 spiro atoms. The van der Waals surface area contributed by atoms with Gasteiger partial charge in [-0.3, -0.25) is 9.69 Å². The summed E-state index contributed by atoms with van der Waals surface area (Å²) in [4.78, 5) is 13.4. The van der Waals surface area contributed by atoms with Gasteiger partial charge in [0.15, 0.2) is 0 Å². The lowest BCUT2D eigenvalue weighted by molar-refractivity contribution is -0.116. The smallest absolute Gasteiger partial charge is 0.247 e. The van der Waals surface area contributed by atoms with Crippen molar-refractivity contribution in [3.05, 3.63) is 11.6 Å². The van der Waals surface area contributed by atoms with Gasteiger partial charge in [-0.15, -0.1) is 0 Å². The zero-order valence-corrected chi connectivity index (χ0v) is 7.18. The van der Waals surface area contributed by atoms with Crippen LogP contribution in [0.25, 0.3) is 0 Å². The van der Waals surface area contributed by atoms with Crippen LogP contribution in [-0.4, -0.2) is 37.0 Å². The largest absolute Gasteiger partial charge is 0.352 e. The van der Waals surface area contributed by atoms with Crippen LogP contribution in [-0.2, 0) is 4.79 Å². The molecule has 0 aliphatic carbocycles. The minimum absolute atomic E-state index is 0.135. The van der Waals surface area contributed by atoms with Gasteiger partial charge in [0.1, 0.15) is 0 Å². The molecule has 2 aliphatic heterocycles. The first-order valence-electron chi connectivity index (χ1n) is 4.56. The molecule has 0 unspecified atom stereocenters. The van der Waals surface area contributed by atoms with Crippen LogP contribution >= 0.6 is 0 Å². The lowest BCUT2D eigenvalue weighted by Gasteiger charge is -2.29. The van der Waals surface area contributed by atoms with Gasteiger partial charge in [0.25, 0.3) is 0 Å². The average molecular weight is 166 g/mol. The summed E-state index contributed by atoms with van der Waals surface area (Å²) >= 11 is 0. The summed E-state index contributed by atoms with van der Waals surface area (Å²) in [5, 5.41) is 2.80. The molecular weight excluding hydrogens is 152 g/mol. The first-order chi connectivity index (χ1) is 5.86. The zero-order valence-electron chi connectivity index (χ0n) is 7.18. The number of rotatable bonds is 2. The minimum atomic E-state index is 0.135. The maximum atomic E-state index is 11.1. The zero-order chi connectivity index (χ0) is 8.39. The number of hydrogen-bond acceptors (Lipinski definition) is 2.